The molecule has 0 radical (unpaired) electrons. The van der Waals surface area contributed by atoms with E-state index in [-0.39, 0.29) is 42.1 Å². The van der Waals surface area contributed by atoms with E-state index in [0.717, 1.165) is 11.4 Å². The maximum atomic E-state index is 12.5. The van der Waals surface area contributed by atoms with Gasteiger partial charge in [-0.2, -0.15) is 0 Å². The van der Waals surface area contributed by atoms with Crippen LogP contribution in [0.5, 0.6) is 0 Å². The Hall–Kier alpha value is -1.97. The molecule has 8 nitrogen and oxygen atoms in total. The third kappa shape index (κ3) is 4.78. The van der Waals surface area contributed by atoms with Crippen molar-refractivity contribution in [1.29, 1.82) is 0 Å². The van der Waals surface area contributed by atoms with E-state index < -0.39 is 12.2 Å². The van der Waals surface area contributed by atoms with Crippen LogP contribution in [0, 0.1) is 11.8 Å². The first kappa shape index (κ1) is 22.2. The third-order valence-electron chi connectivity index (χ3n) is 5.86. The lowest BCUT2D eigenvalue weighted by molar-refractivity contribution is -0.140. The molecule has 3 heterocycles. The molecule has 0 aromatic carbocycles. The zero-order valence-electron chi connectivity index (χ0n) is 17.5. The van der Waals surface area contributed by atoms with Crippen LogP contribution in [0.15, 0.2) is 34.0 Å². The van der Waals surface area contributed by atoms with E-state index in [9.17, 15) is 14.4 Å². The van der Waals surface area contributed by atoms with Gasteiger partial charge in [0.1, 0.15) is 12.7 Å². The fourth-order valence-corrected chi connectivity index (χ4v) is 5.72. The zero-order valence-corrected chi connectivity index (χ0v) is 19.1. The summed E-state index contributed by atoms with van der Waals surface area (Å²) in [5, 5.41) is 2.63. The van der Waals surface area contributed by atoms with Crippen molar-refractivity contribution in [2.75, 3.05) is 32.8 Å². The molecule has 3 aliphatic heterocycles. The molecule has 0 aromatic rings. The highest BCUT2D eigenvalue weighted by Crippen LogP contribution is 2.38. The highest BCUT2D eigenvalue weighted by Gasteiger charge is 2.38. The number of nitrogens with zero attached hydrogens (tertiary/aromatic N) is 2. The largest absolute Gasteiger partial charge is 0.442 e. The van der Waals surface area contributed by atoms with E-state index in [4.69, 9.17) is 21.1 Å². The van der Waals surface area contributed by atoms with Crippen molar-refractivity contribution in [1.82, 2.24) is 15.1 Å². The maximum absolute atomic E-state index is 12.5. The Bertz CT molecular complexity index is 873. The van der Waals surface area contributed by atoms with Crippen LogP contribution in [0.2, 0.25) is 0 Å². The highest BCUT2D eigenvalue weighted by molar-refractivity contribution is 8.06. The Morgan fingerprint density at radius 2 is 2.10 bits per heavy atom. The second-order valence-electron chi connectivity index (χ2n) is 8.18. The summed E-state index contributed by atoms with van der Waals surface area (Å²) in [5.74, 6) is -0.0238. The molecule has 10 heteroatoms. The minimum atomic E-state index is -0.416. The smallest absolute Gasteiger partial charge is 0.414 e. The van der Waals surface area contributed by atoms with Crippen LogP contribution in [0.25, 0.3) is 0 Å². The molecule has 0 saturated carbocycles. The topological polar surface area (TPSA) is 88.2 Å². The third-order valence-corrected chi connectivity index (χ3v) is 7.51. The molecule has 168 valence electrons. The number of hydrogen-bond donors (Lipinski definition) is 1. The molecular formula is C21H26ClN3O5S. The van der Waals surface area contributed by atoms with Gasteiger partial charge in [-0.05, 0) is 24.5 Å². The summed E-state index contributed by atoms with van der Waals surface area (Å²) in [6.45, 7) is 5.80. The van der Waals surface area contributed by atoms with Crippen LogP contribution < -0.4 is 5.32 Å². The Morgan fingerprint density at radius 3 is 2.77 bits per heavy atom. The van der Waals surface area contributed by atoms with Crippen molar-refractivity contribution in [3.05, 3.63) is 34.0 Å². The summed E-state index contributed by atoms with van der Waals surface area (Å²) in [5.41, 5.74) is 1.80. The number of carbonyl (C=O) groups excluding carboxylic acids is 3. The van der Waals surface area contributed by atoms with Gasteiger partial charge in [0, 0.05) is 23.9 Å². The normalized spacial score (nSPS) is 31.3. The van der Waals surface area contributed by atoms with Gasteiger partial charge in [-0.3, -0.25) is 14.5 Å². The average Bonchev–Trinajstić information content (AvgIpc) is 3.27. The van der Waals surface area contributed by atoms with Crippen molar-refractivity contribution in [2.24, 2.45) is 11.8 Å². The summed E-state index contributed by atoms with van der Waals surface area (Å²) >= 11 is 7.35. The Labute approximate surface area is 190 Å². The number of hydrogen-bond acceptors (Lipinski definition) is 6. The minimum absolute atomic E-state index is 0.0378. The molecule has 4 rings (SSSR count). The number of thioether (sulfide) groups is 1. The number of cyclic esters (lactones) is 1. The maximum Gasteiger partial charge on any atom is 0.414 e. The molecule has 4 unspecified atom stereocenters. The van der Waals surface area contributed by atoms with Gasteiger partial charge in [0.15, 0.2) is 0 Å². The van der Waals surface area contributed by atoms with E-state index >= 15 is 0 Å². The summed E-state index contributed by atoms with van der Waals surface area (Å²) in [4.78, 5) is 40.4. The Balaban J connectivity index is 1.34. The molecule has 3 amide bonds. The number of ether oxygens (including phenoxy) is 2. The molecule has 1 N–H and O–H groups in total. The summed E-state index contributed by atoms with van der Waals surface area (Å²) < 4.78 is 11.3. The summed E-state index contributed by atoms with van der Waals surface area (Å²) in [6, 6.07) is 0. The van der Waals surface area contributed by atoms with E-state index in [1.54, 1.807) is 9.80 Å². The van der Waals surface area contributed by atoms with Crippen molar-refractivity contribution in [3.63, 3.8) is 0 Å². The molecule has 2 fully saturated rings. The zero-order chi connectivity index (χ0) is 22.1. The first-order valence-electron chi connectivity index (χ1n) is 10.4. The molecule has 4 atom stereocenters. The Kier molecular flexibility index (Phi) is 6.64. The van der Waals surface area contributed by atoms with E-state index in [0.29, 0.717) is 30.5 Å². The van der Waals surface area contributed by atoms with Crippen molar-refractivity contribution < 1.29 is 23.9 Å². The predicted octanol–water partition coefficient (Wildman–Crippen LogP) is 2.42. The minimum Gasteiger partial charge on any atom is -0.442 e. The van der Waals surface area contributed by atoms with Crippen molar-refractivity contribution in [3.8, 4) is 0 Å². The van der Waals surface area contributed by atoms with Crippen LogP contribution in [0.3, 0.4) is 0 Å². The predicted molar refractivity (Wildman–Crippen MR) is 117 cm³/mol. The number of rotatable bonds is 5. The standard InChI is InChI=1S/C21H26ClN3O5S/c1-12-7-14(24-5-6-29-11-18(24)26)3-4-16(12)25-10-15(30-21(25)28)9-23-20(27)19-13(2)8-17(22)31-19/h3-4,8,12-13,15,19H,5-7,9-11H2,1-2H3,(H,23,27). The molecule has 4 aliphatic rings. The molecule has 0 spiro atoms. The van der Waals surface area contributed by atoms with Crippen molar-refractivity contribution >= 4 is 41.3 Å². The fraction of sp³-hybridized carbons (Fsp3) is 0.571. The van der Waals surface area contributed by atoms with Gasteiger partial charge < -0.3 is 19.7 Å². The van der Waals surface area contributed by atoms with Crippen LogP contribution in [0.1, 0.15) is 20.3 Å². The van der Waals surface area contributed by atoms with Crippen LogP contribution in [0.4, 0.5) is 4.79 Å². The van der Waals surface area contributed by atoms with Gasteiger partial charge >= 0.3 is 6.09 Å². The second-order valence-corrected chi connectivity index (χ2v) is 10.00. The molecule has 2 saturated heterocycles. The van der Waals surface area contributed by atoms with Gasteiger partial charge in [-0.25, -0.2) is 4.79 Å². The Morgan fingerprint density at radius 1 is 1.29 bits per heavy atom. The lowest BCUT2D eigenvalue weighted by Gasteiger charge is -2.34. The van der Waals surface area contributed by atoms with Gasteiger partial charge in [0.05, 0.1) is 29.3 Å². The highest BCUT2D eigenvalue weighted by atomic mass is 35.5. The SMILES string of the molecule is CC1CC(N2CCOCC2=O)=CC=C1N1CC(CNC(=O)C2SC(Cl)=CC2C)OC1=O. The van der Waals surface area contributed by atoms with E-state index in [1.807, 2.05) is 32.1 Å². The van der Waals surface area contributed by atoms with E-state index in [1.165, 1.54) is 11.8 Å². The fourth-order valence-electron chi connectivity index (χ4n) is 4.22. The van der Waals surface area contributed by atoms with Crippen LogP contribution in [-0.2, 0) is 19.1 Å². The van der Waals surface area contributed by atoms with Crippen LogP contribution >= 0.6 is 23.4 Å². The van der Waals surface area contributed by atoms with Gasteiger partial charge in [-0.15, -0.1) is 11.8 Å². The monoisotopic (exact) mass is 467 g/mol. The lowest BCUT2D eigenvalue weighted by atomic mass is 9.94. The quantitative estimate of drug-likeness (QED) is 0.668. The summed E-state index contributed by atoms with van der Waals surface area (Å²) in [7, 11) is 0. The van der Waals surface area contributed by atoms with Gasteiger partial charge in [-0.1, -0.05) is 31.5 Å². The van der Waals surface area contributed by atoms with E-state index in [2.05, 4.69) is 5.32 Å². The first-order chi connectivity index (χ1) is 14.8. The molecular weight excluding hydrogens is 442 g/mol. The summed E-state index contributed by atoms with van der Waals surface area (Å²) in [6.07, 6.45) is 5.49. The van der Waals surface area contributed by atoms with Gasteiger partial charge in [0.25, 0.3) is 5.91 Å². The first-order valence-corrected chi connectivity index (χ1v) is 11.7. The van der Waals surface area contributed by atoms with Crippen molar-refractivity contribution in [2.45, 2.75) is 31.6 Å². The molecule has 1 aliphatic carbocycles. The number of amides is 3. The molecule has 31 heavy (non-hydrogen) atoms. The number of allylic oxidation sites excluding steroid dienone is 5. The average molecular weight is 468 g/mol. The number of halogens is 1. The number of morpholine rings is 1. The molecule has 0 bridgehead atoms. The van der Waals surface area contributed by atoms with Crippen LogP contribution in [-0.4, -0.2) is 71.9 Å². The molecule has 0 aromatic heterocycles. The number of nitrogens with one attached hydrogen (secondary N) is 1. The lowest BCUT2D eigenvalue weighted by Crippen LogP contribution is -2.42. The van der Waals surface area contributed by atoms with Gasteiger partial charge in [0.2, 0.25) is 5.91 Å². The number of carbonyl (C=O) groups is 3. The second kappa shape index (κ2) is 9.26.